The standard InChI is InChI=1S/C29H48Br2N2O4/c1-18(34)22-8-9-23-21-7-6-19-16-20(35)10-11-28(19,2)25(21)24(17-29(22,23)3)37-27(36)26(32-14-4-12-30)33-15-5-13-31/h19-26,32-33,35H,4-17H2,1-3H3/t19-,20+,21-,22+,23-,24-,25+,28-,29+/m0/s1. The van der Waals surface area contributed by atoms with Crippen LogP contribution in [0.4, 0.5) is 0 Å². The second-order valence-electron chi connectivity index (χ2n) is 12.9. The highest BCUT2D eigenvalue weighted by Crippen LogP contribution is 2.68. The third-order valence-corrected chi connectivity index (χ3v) is 12.0. The number of carbonyl (C=O) groups is 2. The number of hydrogen-bond donors (Lipinski definition) is 3. The second kappa shape index (κ2) is 12.7. The van der Waals surface area contributed by atoms with Crippen LogP contribution in [0.3, 0.4) is 0 Å². The minimum Gasteiger partial charge on any atom is -0.460 e. The molecule has 0 aromatic carbocycles. The summed E-state index contributed by atoms with van der Waals surface area (Å²) in [5, 5.41) is 19.0. The number of esters is 1. The first-order chi connectivity index (χ1) is 17.7. The molecule has 37 heavy (non-hydrogen) atoms. The lowest BCUT2D eigenvalue weighted by Gasteiger charge is -2.62. The molecule has 0 aromatic heterocycles. The molecule has 0 heterocycles. The van der Waals surface area contributed by atoms with E-state index in [1.54, 1.807) is 6.92 Å². The molecule has 8 heteroatoms. The lowest BCUT2D eigenvalue weighted by atomic mass is 9.43. The van der Waals surface area contributed by atoms with Crippen molar-refractivity contribution in [2.45, 2.75) is 103 Å². The van der Waals surface area contributed by atoms with Gasteiger partial charge in [-0.25, -0.2) is 4.79 Å². The summed E-state index contributed by atoms with van der Waals surface area (Å²) in [5.41, 5.74) is -0.0530. The molecule has 4 fully saturated rings. The van der Waals surface area contributed by atoms with Gasteiger partial charge in [-0.05, 0) is 113 Å². The summed E-state index contributed by atoms with van der Waals surface area (Å²) < 4.78 is 6.57. The summed E-state index contributed by atoms with van der Waals surface area (Å²) in [6.45, 7) is 7.94. The van der Waals surface area contributed by atoms with E-state index in [4.69, 9.17) is 4.74 Å². The summed E-state index contributed by atoms with van der Waals surface area (Å²) in [5.74, 6) is 1.88. The summed E-state index contributed by atoms with van der Waals surface area (Å²) >= 11 is 6.96. The van der Waals surface area contributed by atoms with Crippen molar-refractivity contribution >= 4 is 43.6 Å². The molecule has 0 amide bonds. The zero-order valence-corrected chi connectivity index (χ0v) is 26.1. The van der Waals surface area contributed by atoms with Gasteiger partial charge in [0.15, 0.2) is 6.17 Å². The van der Waals surface area contributed by atoms with Gasteiger partial charge in [-0.3, -0.25) is 15.4 Å². The highest BCUT2D eigenvalue weighted by Gasteiger charge is 2.64. The Balaban J connectivity index is 1.62. The number of nitrogens with one attached hydrogen (secondary N) is 2. The average molecular weight is 649 g/mol. The van der Waals surface area contributed by atoms with Gasteiger partial charge in [-0.1, -0.05) is 45.7 Å². The van der Waals surface area contributed by atoms with E-state index in [0.29, 0.717) is 23.5 Å². The molecule has 0 saturated heterocycles. The minimum atomic E-state index is -0.533. The van der Waals surface area contributed by atoms with Crippen LogP contribution < -0.4 is 10.6 Å². The lowest BCUT2D eigenvalue weighted by Crippen LogP contribution is -2.61. The number of alkyl halides is 2. The SMILES string of the molecule is CC(=O)[C@H]1CC[C@H]2[C@@H]3CC[C@H]4C[C@H](O)CC[C@]4(C)[C@H]3[C@@H](OC(=O)C(NCCCBr)NCCCBr)C[C@]12C. The maximum Gasteiger partial charge on any atom is 0.338 e. The Morgan fingerprint density at radius 2 is 1.68 bits per heavy atom. The van der Waals surface area contributed by atoms with E-state index < -0.39 is 6.17 Å². The van der Waals surface area contributed by atoms with E-state index in [-0.39, 0.29) is 40.8 Å². The number of halogens is 2. The molecular weight excluding hydrogens is 600 g/mol. The number of hydrogen-bond acceptors (Lipinski definition) is 6. The van der Waals surface area contributed by atoms with E-state index in [9.17, 15) is 14.7 Å². The Bertz CT molecular complexity index is 805. The van der Waals surface area contributed by atoms with Gasteiger partial charge in [0.05, 0.1) is 6.10 Å². The molecule has 0 radical (unpaired) electrons. The summed E-state index contributed by atoms with van der Waals surface area (Å²) in [6, 6.07) is 0. The molecule has 4 aliphatic rings. The summed E-state index contributed by atoms with van der Waals surface area (Å²) in [6.07, 6.45) is 8.71. The van der Waals surface area contributed by atoms with Gasteiger partial charge in [0.1, 0.15) is 11.9 Å². The molecule has 3 N–H and O–H groups in total. The molecule has 4 saturated carbocycles. The zero-order valence-electron chi connectivity index (χ0n) is 22.9. The molecule has 0 spiro atoms. The zero-order chi connectivity index (χ0) is 26.8. The number of rotatable bonds is 11. The lowest BCUT2D eigenvalue weighted by molar-refractivity contribution is -0.200. The van der Waals surface area contributed by atoms with Gasteiger partial charge in [0.2, 0.25) is 0 Å². The Morgan fingerprint density at radius 3 is 2.30 bits per heavy atom. The third-order valence-electron chi connectivity index (χ3n) is 10.9. The van der Waals surface area contributed by atoms with E-state index in [1.807, 2.05) is 0 Å². The Kier molecular flexibility index (Phi) is 10.2. The number of aliphatic hydroxyl groups is 1. The Labute approximate surface area is 240 Å². The number of Topliss-reactive ketones (excluding diaryl/α,β-unsaturated/α-hetero) is 1. The predicted molar refractivity (Wildman–Crippen MR) is 154 cm³/mol. The predicted octanol–water partition coefficient (Wildman–Crippen LogP) is 5.19. The van der Waals surface area contributed by atoms with Crippen LogP contribution in [0.5, 0.6) is 0 Å². The van der Waals surface area contributed by atoms with Gasteiger partial charge in [-0.15, -0.1) is 0 Å². The van der Waals surface area contributed by atoms with Crippen LogP contribution in [0.25, 0.3) is 0 Å². The third kappa shape index (κ3) is 6.03. The van der Waals surface area contributed by atoms with Gasteiger partial charge in [0.25, 0.3) is 0 Å². The number of ether oxygens (including phenoxy) is 1. The normalized spacial score (nSPS) is 41.1. The maximum absolute atomic E-state index is 13.7. The number of fused-ring (bicyclic) bond motifs is 5. The molecule has 4 rings (SSSR count). The van der Waals surface area contributed by atoms with Gasteiger partial charge >= 0.3 is 5.97 Å². The maximum atomic E-state index is 13.7. The average Bonchev–Trinajstić information content (AvgIpc) is 3.20. The van der Waals surface area contributed by atoms with Crippen molar-refractivity contribution in [3.8, 4) is 0 Å². The highest BCUT2D eigenvalue weighted by atomic mass is 79.9. The summed E-state index contributed by atoms with van der Waals surface area (Å²) in [7, 11) is 0. The van der Waals surface area contributed by atoms with E-state index >= 15 is 0 Å². The summed E-state index contributed by atoms with van der Waals surface area (Å²) in [4.78, 5) is 26.5. The van der Waals surface area contributed by atoms with Crippen LogP contribution in [0, 0.1) is 40.4 Å². The van der Waals surface area contributed by atoms with Crippen LogP contribution in [0.15, 0.2) is 0 Å². The molecule has 6 nitrogen and oxygen atoms in total. The van der Waals surface area contributed by atoms with Gasteiger partial charge in [0, 0.05) is 22.5 Å². The fourth-order valence-electron chi connectivity index (χ4n) is 9.18. The van der Waals surface area contributed by atoms with Crippen molar-refractivity contribution in [3.63, 3.8) is 0 Å². The van der Waals surface area contributed by atoms with E-state index in [2.05, 4.69) is 56.3 Å². The van der Waals surface area contributed by atoms with Crippen molar-refractivity contribution in [1.29, 1.82) is 0 Å². The topological polar surface area (TPSA) is 87.7 Å². The van der Waals surface area contributed by atoms with Crippen LogP contribution >= 0.6 is 31.9 Å². The fraction of sp³-hybridized carbons (Fsp3) is 0.931. The van der Waals surface area contributed by atoms with Crippen LogP contribution in [0.1, 0.15) is 85.0 Å². The van der Waals surface area contributed by atoms with Crippen LogP contribution in [0.2, 0.25) is 0 Å². The van der Waals surface area contributed by atoms with Gasteiger partial charge < -0.3 is 9.84 Å². The molecular formula is C29H48Br2N2O4. The molecule has 0 aromatic rings. The fourth-order valence-corrected chi connectivity index (χ4v) is 9.74. The number of aliphatic hydroxyl groups excluding tert-OH is 1. The minimum absolute atomic E-state index is 0.0586. The van der Waals surface area contributed by atoms with E-state index in [0.717, 1.165) is 88.0 Å². The molecule has 0 unspecified atom stereocenters. The molecule has 0 aliphatic heterocycles. The number of carbonyl (C=O) groups excluding carboxylic acids is 2. The molecule has 0 bridgehead atoms. The Hall–Kier alpha value is -0.0200. The first-order valence-corrected chi connectivity index (χ1v) is 16.9. The van der Waals surface area contributed by atoms with Crippen molar-refractivity contribution in [2.75, 3.05) is 23.7 Å². The molecule has 9 atom stereocenters. The Morgan fingerprint density at radius 1 is 1.00 bits per heavy atom. The largest absolute Gasteiger partial charge is 0.460 e. The number of ketones is 1. The van der Waals surface area contributed by atoms with Crippen LogP contribution in [-0.4, -0.2) is 59.0 Å². The van der Waals surface area contributed by atoms with Gasteiger partial charge in [-0.2, -0.15) is 0 Å². The van der Waals surface area contributed by atoms with Crippen LogP contribution in [-0.2, 0) is 14.3 Å². The van der Waals surface area contributed by atoms with Crippen molar-refractivity contribution in [3.05, 3.63) is 0 Å². The van der Waals surface area contributed by atoms with Crippen molar-refractivity contribution in [2.24, 2.45) is 40.4 Å². The highest BCUT2D eigenvalue weighted by molar-refractivity contribution is 9.09. The smallest absolute Gasteiger partial charge is 0.338 e. The van der Waals surface area contributed by atoms with E-state index in [1.165, 1.54) is 0 Å². The van der Waals surface area contributed by atoms with Crippen molar-refractivity contribution < 1.29 is 19.4 Å². The first-order valence-electron chi connectivity index (χ1n) is 14.6. The first kappa shape index (κ1) is 30.0. The second-order valence-corrected chi connectivity index (χ2v) is 14.4. The van der Waals surface area contributed by atoms with Crippen molar-refractivity contribution in [1.82, 2.24) is 10.6 Å². The molecule has 212 valence electrons. The monoisotopic (exact) mass is 646 g/mol. The molecule has 4 aliphatic carbocycles. The quantitative estimate of drug-likeness (QED) is 0.124.